The Hall–Kier alpha value is 0.01000. The highest BCUT2D eigenvalue weighted by molar-refractivity contribution is 9.09. The lowest BCUT2D eigenvalue weighted by Crippen LogP contribution is -2.01. The lowest BCUT2D eigenvalue weighted by Gasteiger charge is -2.04. The van der Waals surface area contributed by atoms with Crippen LogP contribution in [0.25, 0.3) is 0 Å². The Balaban J connectivity index is 2.99. The van der Waals surface area contributed by atoms with Crippen LogP contribution in [-0.4, -0.2) is 11.1 Å². The highest BCUT2D eigenvalue weighted by Gasteiger charge is 2.09. The molecule has 0 heterocycles. The first-order valence-corrected chi connectivity index (χ1v) is 6.26. The molecular formula is C10H10BrClOS. The summed E-state index contributed by atoms with van der Waals surface area (Å²) in [7, 11) is 0. The lowest BCUT2D eigenvalue weighted by molar-refractivity contribution is 0.0987. The van der Waals surface area contributed by atoms with E-state index in [1.54, 1.807) is 6.07 Å². The Labute approximate surface area is 102 Å². The molecule has 1 aromatic rings. The molecule has 0 aliphatic heterocycles. The van der Waals surface area contributed by atoms with Crippen LogP contribution in [0.4, 0.5) is 0 Å². The molecule has 0 unspecified atom stereocenters. The largest absolute Gasteiger partial charge is 0.294 e. The minimum Gasteiger partial charge on any atom is -0.294 e. The van der Waals surface area contributed by atoms with Gasteiger partial charge in [-0.3, -0.25) is 4.79 Å². The van der Waals surface area contributed by atoms with Crippen LogP contribution >= 0.6 is 40.2 Å². The number of ketones is 1. The van der Waals surface area contributed by atoms with Gasteiger partial charge in [-0.1, -0.05) is 22.0 Å². The summed E-state index contributed by atoms with van der Waals surface area (Å²) in [6.07, 6.45) is 0.485. The van der Waals surface area contributed by atoms with E-state index in [1.165, 1.54) is 0 Å². The topological polar surface area (TPSA) is 17.1 Å². The van der Waals surface area contributed by atoms with Crippen LogP contribution in [0, 0.1) is 0 Å². The van der Waals surface area contributed by atoms with E-state index in [9.17, 15) is 4.79 Å². The van der Waals surface area contributed by atoms with Crippen LogP contribution in [0.5, 0.6) is 0 Å². The summed E-state index contributed by atoms with van der Waals surface area (Å²) in [5.74, 6) is 0.515. The maximum atomic E-state index is 11.6. The summed E-state index contributed by atoms with van der Waals surface area (Å²) in [6, 6.07) is 5.49. The number of thiol groups is 1. The van der Waals surface area contributed by atoms with Crippen LogP contribution in [0.3, 0.4) is 0 Å². The molecule has 0 saturated carbocycles. The van der Waals surface area contributed by atoms with Crippen LogP contribution in [0.15, 0.2) is 23.1 Å². The fourth-order valence-corrected chi connectivity index (χ4v) is 1.90. The van der Waals surface area contributed by atoms with Crippen LogP contribution in [-0.2, 0) is 5.88 Å². The first-order valence-electron chi connectivity index (χ1n) is 4.16. The zero-order valence-electron chi connectivity index (χ0n) is 7.46. The molecule has 1 nitrogen and oxygen atoms in total. The van der Waals surface area contributed by atoms with E-state index in [0.29, 0.717) is 28.1 Å². The third-order valence-electron chi connectivity index (χ3n) is 1.84. The number of hydrogen-bond donors (Lipinski definition) is 1. The van der Waals surface area contributed by atoms with Crippen molar-refractivity contribution >= 4 is 45.9 Å². The second kappa shape index (κ2) is 5.79. The first kappa shape index (κ1) is 12.1. The van der Waals surface area contributed by atoms with E-state index >= 15 is 0 Å². The van der Waals surface area contributed by atoms with Gasteiger partial charge in [-0.25, -0.2) is 0 Å². The van der Waals surface area contributed by atoms with Gasteiger partial charge in [-0.2, -0.15) is 0 Å². The smallest absolute Gasteiger partial charge is 0.164 e. The number of hydrogen-bond acceptors (Lipinski definition) is 2. The van der Waals surface area contributed by atoms with Gasteiger partial charge < -0.3 is 0 Å². The van der Waals surface area contributed by atoms with Gasteiger partial charge in [0.1, 0.15) is 0 Å². The Morgan fingerprint density at radius 2 is 2.21 bits per heavy atom. The van der Waals surface area contributed by atoms with E-state index in [2.05, 4.69) is 28.6 Å². The third kappa shape index (κ3) is 3.01. The molecule has 0 radical (unpaired) electrons. The van der Waals surface area contributed by atoms with Crippen molar-refractivity contribution < 1.29 is 4.79 Å². The Morgan fingerprint density at radius 1 is 1.50 bits per heavy atom. The molecule has 0 amide bonds. The molecule has 4 heteroatoms. The second-order valence-corrected chi connectivity index (χ2v) is 4.39. The van der Waals surface area contributed by atoms with Gasteiger partial charge in [0.05, 0.1) is 0 Å². The molecule has 0 bridgehead atoms. The monoisotopic (exact) mass is 292 g/mol. The molecule has 1 aromatic carbocycles. The van der Waals surface area contributed by atoms with Gasteiger partial charge in [-0.15, -0.1) is 24.2 Å². The van der Waals surface area contributed by atoms with E-state index in [0.717, 1.165) is 5.56 Å². The molecule has 0 fully saturated rings. The van der Waals surface area contributed by atoms with Crippen LogP contribution in [0.2, 0.25) is 0 Å². The molecule has 76 valence electrons. The third-order valence-corrected chi connectivity index (χ3v) is 2.93. The van der Waals surface area contributed by atoms with Gasteiger partial charge in [0.2, 0.25) is 0 Å². The summed E-state index contributed by atoms with van der Waals surface area (Å²) in [4.78, 5) is 12.3. The van der Waals surface area contributed by atoms with Gasteiger partial charge in [0, 0.05) is 28.1 Å². The number of alkyl halides is 2. The minimum absolute atomic E-state index is 0.0961. The van der Waals surface area contributed by atoms with E-state index < -0.39 is 0 Å². The molecule has 14 heavy (non-hydrogen) atoms. The Bertz CT molecular complexity index is 341. The van der Waals surface area contributed by atoms with Crippen molar-refractivity contribution in [2.45, 2.75) is 17.2 Å². The maximum absolute atomic E-state index is 11.6. The first-order chi connectivity index (χ1) is 6.69. The molecule has 1 rings (SSSR count). The Morgan fingerprint density at radius 3 is 2.79 bits per heavy atom. The summed E-state index contributed by atoms with van der Waals surface area (Å²) >= 11 is 13.2. The van der Waals surface area contributed by atoms with Gasteiger partial charge >= 0.3 is 0 Å². The second-order valence-electron chi connectivity index (χ2n) is 2.85. The predicted octanol–water partition coefficient (Wildman–Crippen LogP) is 3.68. The van der Waals surface area contributed by atoms with E-state index in [1.807, 2.05) is 12.1 Å². The summed E-state index contributed by atoms with van der Waals surface area (Å²) in [5, 5.41) is 0.671. The summed E-state index contributed by atoms with van der Waals surface area (Å²) in [5.41, 5.74) is 1.60. The van der Waals surface area contributed by atoms with Gasteiger partial charge in [-0.05, 0) is 17.7 Å². The van der Waals surface area contributed by atoms with Crippen molar-refractivity contribution in [2.24, 2.45) is 0 Å². The Kier molecular flexibility index (Phi) is 4.99. The minimum atomic E-state index is 0.0961. The molecular weight excluding hydrogens is 284 g/mol. The molecule has 0 atom stereocenters. The van der Waals surface area contributed by atoms with Crippen molar-refractivity contribution in [1.82, 2.24) is 0 Å². The average Bonchev–Trinajstić information content (AvgIpc) is 2.19. The average molecular weight is 294 g/mol. The molecule has 0 N–H and O–H groups in total. The molecule has 0 aliphatic rings. The normalized spacial score (nSPS) is 10.2. The van der Waals surface area contributed by atoms with Crippen molar-refractivity contribution in [3.05, 3.63) is 29.3 Å². The molecule has 0 saturated heterocycles. The van der Waals surface area contributed by atoms with Crippen molar-refractivity contribution in [2.75, 3.05) is 5.33 Å². The number of benzene rings is 1. The number of Topliss-reactive ketones (excluding diaryl/α,β-unsaturated/α-hetero) is 1. The summed E-state index contributed by atoms with van der Waals surface area (Å²) < 4.78 is 0. The quantitative estimate of drug-likeness (QED) is 0.509. The fraction of sp³-hybridized carbons (Fsp3) is 0.300. The van der Waals surface area contributed by atoms with Crippen molar-refractivity contribution in [1.29, 1.82) is 0 Å². The lowest BCUT2D eigenvalue weighted by atomic mass is 10.1. The number of rotatable bonds is 4. The molecule has 0 spiro atoms. The number of carbonyl (C=O) groups is 1. The fourth-order valence-electron chi connectivity index (χ4n) is 1.11. The number of carbonyl (C=O) groups excluding carboxylic acids is 1. The highest BCUT2D eigenvalue weighted by Crippen LogP contribution is 2.19. The van der Waals surface area contributed by atoms with Gasteiger partial charge in [0.25, 0.3) is 0 Å². The van der Waals surface area contributed by atoms with Crippen LogP contribution < -0.4 is 0 Å². The van der Waals surface area contributed by atoms with Crippen molar-refractivity contribution in [3.63, 3.8) is 0 Å². The molecule has 0 aliphatic carbocycles. The SMILES string of the molecule is O=C(CCBr)c1cc(CCl)ccc1S. The van der Waals surface area contributed by atoms with Crippen molar-refractivity contribution in [3.8, 4) is 0 Å². The predicted molar refractivity (Wildman–Crippen MR) is 66.0 cm³/mol. The van der Waals surface area contributed by atoms with Crippen LogP contribution in [0.1, 0.15) is 22.3 Å². The zero-order chi connectivity index (χ0) is 10.6. The maximum Gasteiger partial charge on any atom is 0.164 e. The zero-order valence-corrected chi connectivity index (χ0v) is 10.7. The molecule has 0 aromatic heterocycles. The van der Waals surface area contributed by atoms with E-state index in [4.69, 9.17) is 11.6 Å². The van der Waals surface area contributed by atoms with Gasteiger partial charge in [0.15, 0.2) is 5.78 Å². The standard InChI is InChI=1S/C10H10BrClOS/c11-4-3-9(13)8-5-7(6-12)1-2-10(8)14/h1-2,5,14H,3-4,6H2. The summed E-state index contributed by atoms with van der Waals surface area (Å²) in [6.45, 7) is 0. The number of halogens is 2. The van der Waals surface area contributed by atoms with E-state index in [-0.39, 0.29) is 5.78 Å². The highest BCUT2D eigenvalue weighted by atomic mass is 79.9.